The monoisotopic (exact) mass is 421 g/mol. The number of hydrogen-bond donors (Lipinski definition) is 0. The minimum absolute atomic E-state index is 0.213. The number of nitrogens with zero attached hydrogens (tertiary/aromatic N) is 1. The zero-order valence-corrected chi connectivity index (χ0v) is 18.1. The van der Waals surface area contributed by atoms with E-state index in [0.29, 0.717) is 0 Å². The fourth-order valence-corrected chi connectivity index (χ4v) is 4.45. The first-order valence-electron chi connectivity index (χ1n) is 9.73. The smallest absolute Gasteiger partial charge is 0.123 e. The van der Waals surface area contributed by atoms with Crippen molar-refractivity contribution in [2.75, 3.05) is 0 Å². The van der Waals surface area contributed by atoms with Gasteiger partial charge in [-0.05, 0) is 72.4 Å². The molecule has 0 heterocycles. The summed E-state index contributed by atoms with van der Waals surface area (Å²) in [5.41, 5.74) is 2.15. The summed E-state index contributed by atoms with van der Waals surface area (Å²) in [6.07, 6.45) is 3.17. The van der Waals surface area contributed by atoms with Crippen LogP contribution in [0.2, 0.25) is 0 Å². The zero-order valence-electron chi connectivity index (χ0n) is 16.4. The Kier molecular flexibility index (Phi) is 8.59. The van der Waals surface area contributed by atoms with E-state index in [4.69, 9.17) is 4.99 Å². The average Bonchev–Trinajstić information content (AvgIpc) is 2.76. The second-order valence-corrected chi connectivity index (χ2v) is 8.49. The average molecular weight is 422 g/mol. The van der Waals surface area contributed by atoms with Gasteiger partial charge in [0.25, 0.3) is 0 Å². The maximum absolute atomic E-state index is 13.2. The van der Waals surface area contributed by atoms with Crippen LogP contribution in [0.25, 0.3) is 0 Å². The number of para-hydroxylation sites is 1. The lowest BCUT2D eigenvalue weighted by molar-refractivity contribution is 0.626. The fraction of sp³-hybridized carbons (Fsp3) is 0.160. The van der Waals surface area contributed by atoms with Crippen molar-refractivity contribution in [3.8, 4) is 0 Å². The third kappa shape index (κ3) is 7.22. The van der Waals surface area contributed by atoms with E-state index in [2.05, 4.69) is 24.5 Å². The minimum atomic E-state index is -0.213. The Morgan fingerprint density at radius 2 is 1.52 bits per heavy atom. The van der Waals surface area contributed by atoms with Crippen LogP contribution in [0.3, 0.4) is 0 Å². The highest BCUT2D eigenvalue weighted by atomic mass is 32.2. The first-order chi connectivity index (χ1) is 14.2. The fourth-order valence-electron chi connectivity index (χ4n) is 2.62. The van der Waals surface area contributed by atoms with Crippen LogP contribution in [0.1, 0.15) is 26.2 Å². The molecule has 3 aromatic carbocycles. The van der Waals surface area contributed by atoms with Crippen molar-refractivity contribution >= 4 is 34.3 Å². The van der Waals surface area contributed by atoms with Crippen LogP contribution in [0.4, 0.5) is 10.1 Å². The molecule has 0 aromatic heterocycles. The highest BCUT2D eigenvalue weighted by Crippen LogP contribution is 2.31. The molecule has 0 aliphatic carbocycles. The van der Waals surface area contributed by atoms with Gasteiger partial charge in [-0.2, -0.15) is 0 Å². The van der Waals surface area contributed by atoms with Gasteiger partial charge in [0.15, 0.2) is 0 Å². The molecule has 3 rings (SSSR count). The van der Waals surface area contributed by atoms with E-state index in [1.807, 2.05) is 60.7 Å². The van der Waals surface area contributed by atoms with Crippen LogP contribution in [0.15, 0.2) is 111 Å². The summed E-state index contributed by atoms with van der Waals surface area (Å²) < 4.78 is 13.2. The molecule has 0 radical (unpaired) electrons. The van der Waals surface area contributed by atoms with Gasteiger partial charge in [0.2, 0.25) is 0 Å². The molecule has 3 aromatic rings. The first-order valence-corrected chi connectivity index (χ1v) is 11.4. The van der Waals surface area contributed by atoms with Gasteiger partial charge in [-0.3, -0.25) is 0 Å². The largest absolute Gasteiger partial charge is 0.241 e. The molecule has 0 fully saturated rings. The molecular formula is C25H24FNS2. The van der Waals surface area contributed by atoms with Gasteiger partial charge >= 0.3 is 0 Å². The maximum Gasteiger partial charge on any atom is 0.123 e. The molecule has 0 amide bonds. The number of aliphatic imine (C=N–C) groups is 1. The van der Waals surface area contributed by atoms with E-state index in [1.54, 1.807) is 23.5 Å². The van der Waals surface area contributed by atoms with Crippen LogP contribution in [0.5, 0.6) is 0 Å². The van der Waals surface area contributed by atoms with E-state index < -0.39 is 0 Å². The Bertz CT molecular complexity index is 936. The van der Waals surface area contributed by atoms with Gasteiger partial charge in [-0.1, -0.05) is 73.3 Å². The lowest BCUT2D eigenvalue weighted by Crippen LogP contribution is -1.98. The van der Waals surface area contributed by atoms with E-state index in [9.17, 15) is 4.39 Å². The van der Waals surface area contributed by atoms with Gasteiger partial charge < -0.3 is 0 Å². The lowest BCUT2D eigenvalue weighted by atomic mass is 10.1. The van der Waals surface area contributed by atoms with Crippen LogP contribution >= 0.6 is 23.5 Å². The molecule has 148 valence electrons. The third-order valence-corrected chi connectivity index (χ3v) is 6.17. The quantitative estimate of drug-likeness (QED) is 0.205. The van der Waals surface area contributed by atoms with E-state index >= 15 is 0 Å². The molecule has 0 aliphatic heterocycles. The lowest BCUT2D eigenvalue weighted by Gasteiger charge is -2.12. The third-order valence-electron chi connectivity index (χ3n) is 4.17. The van der Waals surface area contributed by atoms with Crippen molar-refractivity contribution in [2.24, 2.45) is 4.99 Å². The molecule has 1 nitrogen and oxygen atoms in total. The van der Waals surface area contributed by atoms with Crippen molar-refractivity contribution in [1.29, 1.82) is 0 Å². The maximum atomic E-state index is 13.2. The molecule has 0 N–H and O–H groups in total. The molecule has 0 unspecified atom stereocenters. The van der Waals surface area contributed by atoms with Gasteiger partial charge in [0.05, 0.1) is 5.69 Å². The highest BCUT2D eigenvalue weighted by molar-refractivity contribution is 8.14. The van der Waals surface area contributed by atoms with E-state index in [0.717, 1.165) is 39.8 Å². The van der Waals surface area contributed by atoms with Crippen molar-refractivity contribution in [3.05, 3.63) is 102 Å². The number of rotatable bonds is 8. The number of halogens is 1. The molecule has 29 heavy (non-hydrogen) atoms. The number of benzene rings is 3. The SMILES string of the molecule is CCCCC(=CSc1ccc(F)cc1)C(=Nc1ccccc1)Sc1ccccc1. The van der Waals surface area contributed by atoms with Crippen LogP contribution in [-0.2, 0) is 0 Å². The van der Waals surface area contributed by atoms with Crippen LogP contribution in [-0.4, -0.2) is 5.04 Å². The van der Waals surface area contributed by atoms with Gasteiger partial charge in [-0.25, -0.2) is 9.38 Å². The normalized spacial score (nSPS) is 12.2. The molecular weight excluding hydrogens is 397 g/mol. The Balaban J connectivity index is 1.93. The topological polar surface area (TPSA) is 12.4 Å². The molecule has 0 aliphatic rings. The minimum Gasteiger partial charge on any atom is -0.241 e. The summed E-state index contributed by atoms with van der Waals surface area (Å²) in [5.74, 6) is -0.213. The Morgan fingerprint density at radius 3 is 2.17 bits per heavy atom. The van der Waals surface area contributed by atoms with Crippen LogP contribution < -0.4 is 0 Å². The van der Waals surface area contributed by atoms with E-state index in [-0.39, 0.29) is 5.82 Å². The van der Waals surface area contributed by atoms with Crippen molar-refractivity contribution < 1.29 is 4.39 Å². The summed E-state index contributed by atoms with van der Waals surface area (Å²) >= 11 is 3.30. The van der Waals surface area contributed by atoms with Crippen molar-refractivity contribution in [1.82, 2.24) is 0 Å². The predicted octanol–water partition coefficient (Wildman–Crippen LogP) is 8.51. The molecule has 0 spiro atoms. The summed E-state index contributed by atoms with van der Waals surface area (Å²) in [5, 5.41) is 3.17. The van der Waals surface area contributed by atoms with Gasteiger partial charge in [-0.15, -0.1) is 0 Å². The highest BCUT2D eigenvalue weighted by Gasteiger charge is 2.11. The standard InChI is InChI=1S/C25H24FNS2/c1-2-3-10-20(19-28-23-17-15-21(26)16-18-23)25(27-22-11-6-4-7-12-22)29-24-13-8-5-9-14-24/h4-9,11-19H,2-3,10H2,1H3. The zero-order chi connectivity index (χ0) is 20.3. The summed E-state index contributed by atoms with van der Waals surface area (Å²) in [6, 6.07) is 27.0. The van der Waals surface area contributed by atoms with E-state index in [1.165, 1.54) is 17.7 Å². The van der Waals surface area contributed by atoms with Crippen LogP contribution in [0, 0.1) is 5.82 Å². The van der Waals surface area contributed by atoms with Crippen molar-refractivity contribution in [2.45, 2.75) is 36.0 Å². The van der Waals surface area contributed by atoms with Gasteiger partial charge in [0.1, 0.15) is 10.9 Å². The van der Waals surface area contributed by atoms with Crippen molar-refractivity contribution in [3.63, 3.8) is 0 Å². The Labute approximate surface area is 181 Å². The summed E-state index contributed by atoms with van der Waals surface area (Å²) in [7, 11) is 0. The molecule has 0 saturated heterocycles. The molecule has 0 bridgehead atoms. The molecule has 0 saturated carbocycles. The second kappa shape index (κ2) is 11.6. The molecule has 0 atom stereocenters. The number of thioether (sulfide) groups is 2. The number of unbranched alkanes of at least 4 members (excludes halogenated alkanes) is 1. The summed E-state index contributed by atoms with van der Waals surface area (Å²) in [4.78, 5) is 7.15. The Morgan fingerprint density at radius 1 is 0.862 bits per heavy atom. The first kappa shape index (κ1) is 21.4. The molecule has 4 heteroatoms. The number of hydrogen-bond acceptors (Lipinski definition) is 3. The Hall–Kier alpha value is -2.30. The second-order valence-electron chi connectivity index (χ2n) is 6.49. The summed E-state index contributed by atoms with van der Waals surface area (Å²) in [6.45, 7) is 2.20. The van der Waals surface area contributed by atoms with Gasteiger partial charge in [0, 0.05) is 9.79 Å². The predicted molar refractivity (Wildman–Crippen MR) is 126 cm³/mol.